The fraction of sp³-hybridized carbons (Fsp3) is 0.294. The summed E-state index contributed by atoms with van der Waals surface area (Å²) in [5.41, 5.74) is 1.36. The molecular weight excluding hydrogens is 314 g/mol. The zero-order chi connectivity index (χ0) is 17.0. The first-order chi connectivity index (χ1) is 10.9. The van der Waals surface area contributed by atoms with E-state index in [2.05, 4.69) is 4.72 Å². The highest BCUT2D eigenvalue weighted by Crippen LogP contribution is 2.30. The number of benzene rings is 2. The van der Waals surface area contributed by atoms with Crippen molar-refractivity contribution in [3.8, 4) is 11.5 Å². The molecule has 0 aromatic heterocycles. The van der Waals surface area contributed by atoms with Crippen LogP contribution in [0.5, 0.6) is 11.5 Å². The van der Waals surface area contributed by atoms with Crippen LogP contribution in [0.15, 0.2) is 47.4 Å². The molecule has 0 saturated carbocycles. The maximum atomic E-state index is 12.7. The van der Waals surface area contributed by atoms with Crippen LogP contribution in [0, 0.1) is 0 Å². The molecule has 0 aliphatic rings. The molecular formula is C17H21NO4S. The van der Waals surface area contributed by atoms with E-state index < -0.39 is 10.0 Å². The standard InChI is InChI=1S/C17H21NO4S/c1-12(2)13-8-9-16(22-4)17(10-13)23(19,20)18-14-6-5-7-15(11-14)21-3/h5-12,18H,1-4H3. The van der Waals surface area contributed by atoms with E-state index in [1.807, 2.05) is 19.9 Å². The maximum Gasteiger partial charge on any atom is 0.265 e. The second-order valence-electron chi connectivity index (χ2n) is 5.40. The number of nitrogens with one attached hydrogen (secondary N) is 1. The summed E-state index contributed by atoms with van der Waals surface area (Å²) < 4.78 is 38.3. The van der Waals surface area contributed by atoms with E-state index in [0.717, 1.165) is 5.56 Å². The van der Waals surface area contributed by atoms with Crippen molar-refractivity contribution < 1.29 is 17.9 Å². The molecule has 0 saturated heterocycles. The molecule has 124 valence electrons. The third-order valence-electron chi connectivity index (χ3n) is 3.47. The summed E-state index contributed by atoms with van der Waals surface area (Å²) in [5, 5.41) is 0. The lowest BCUT2D eigenvalue weighted by molar-refractivity contribution is 0.402. The van der Waals surface area contributed by atoms with Crippen LogP contribution < -0.4 is 14.2 Å². The molecule has 0 aliphatic carbocycles. The first-order valence-corrected chi connectivity index (χ1v) is 8.70. The summed E-state index contributed by atoms with van der Waals surface area (Å²) in [7, 11) is -0.784. The highest BCUT2D eigenvalue weighted by atomic mass is 32.2. The first kappa shape index (κ1) is 17.1. The van der Waals surface area contributed by atoms with Crippen LogP contribution >= 0.6 is 0 Å². The lowest BCUT2D eigenvalue weighted by Crippen LogP contribution is -2.14. The van der Waals surface area contributed by atoms with Gasteiger partial charge in [0.2, 0.25) is 0 Å². The van der Waals surface area contributed by atoms with Crippen LogP contribution in [-0.2, 0) is 10.0 Å². The van der Waals surface area contributed by atoms with Crippen molar-refractivity contribution in [3.05, 3.63) is 48.0 Å². The normalized spacial score (nSPS) is 11.3. The number of ether oxygens (including phenoxy) is 2. The van der Waals surface area contributed by atoms with Crippen LogP contribution in [-0.4, -0.2) is 22.6 Å². The number of anilines is 1. The lowest BCUT2D eigenvalue weighted by atomic mass is 10.0. The molecule has 1 N–H and O–H groups in total. The molecule has 0 aliphatic heterocycles. The van der Waals surface area contributed by atoms with Crippen LogP contribution in [0.1, 0.15) is 25.3 Å². The van der Waals surface area contributed by atoms with Crippen molar-refractivity contribution in [3.63, 3.8) is 0 Å². The van der Waals surface area contributed by atoms with Gasteiger partial charge in [0.05, 0.1) is 19.9 Å². The van der Waals surface area contributed by atoms with Crippen molar-refractivity contribution in [2.75, 3.05) is 18.9 Å². The van der Waals surface area contributed by atoms with Gasteiger partial charge >= 0.3 is 0 Å². The van der Waals surface area contributed by atoms with Gasteiger partial charge in [0, 0.05) is 6.07 Å². The van der Waals surface area contributed by atoms with Crippen LogP contribution in [0.4, 0.5) is 5.69 Å². The van der Waals surface area contributed by atoms with E-state index in [1.165, 1.54) is 14.2 Å². The van der Waals surface area contributed by atoms with Gasteiger partial charge in [0.25, 0.3) is 10.0 Å². The van der Waals surface area contributed by atoms with Gasteiger partial charge in [-0.25, -0.2) is 8.42 Å². The van der Waals surface area contributed by atoms with Crippen molar-refractivity contribution in [1.82, 2.24) is 0 Å². The summed E-state index contributed by atoms with van der Waals surface area (Å²) >= 11 is 0. The zero-order valence-electron chi connectivity index (χ0n) is 13.7. The van der Waals surface area contributed by atoms with Crippen molar-refractivity contribution >= 4 is 15.7 Å². The lowest BCUT2D eigenvalue weighted by Gasteiger charge is -2.14. The average molecular weight is 335 g/mol. The van der Waals surface area contributed by atoms with E-state index in [9.17, 15) is 8.42 Å². The highest BCUT2D eigenvalue weighted by molar-refractivity contribution is 7.92. The van der Waals surface area contributed by atoms with Crippen molar-refractivity contribution in [2.24, 2.45) is 0 Å². The Morgan fingerprint density at radius 3 is 2.35 bits per heavy atom. The van der Waals surface area contributed by atoms with Crippen molar-refractivity contribution in [2.45, 2.75) is 24.7 Å². The Balaban J connectivity index is 2.43. The predicted octanol–water partition coefficient (Wildman–Crippen LogP) is 3.63. The topological polar surface area (TPSA) is 64.6 Å². The van der Waals surface area contributed by atoms with E-state index in [4.69, 9.17) is 9.47 Å². The Morgan fingerprint density at radius 1 is 1.00 bits per heavy atom. The fourth-order valence-electron chi connectivity index (χ4n) is 2.16. The minimum atomic E-state index is -3.77. The molecule has 0 spiro atoms. The smallest absolute Gasteiger partial charge is 0.265 e. The fourth-order valence-corrected chi connectivity index (χ4v) is 3.41. The molecule has 0 bridgehead atoms. The van der Waals surface area contributed by atoms with Crippen LogP contribution in [0.3, 0.4) is 0 Å². The zero-order valence-corrected chi connectivity index (χ0v) is 14.5. The molecule has 23 heavy (non-hydrogen) atoms. The number of hydrogen-bond acceptors (Lipinski definition) is 4. The summed E-state index contributed by atoms with van der Waals surface area (Å²) in [4.78, 5) is 0.119. The molecule has 0 fully saturated rings. The Kier molecular flexibility index (Phi) is 5.15. The number of rotatable bonds is 6. The molecule has 2 rings (SSSR count). The van der Waals surface area contributed by atoms with Gasteiger partial charge in [-0.15, -0.1) is 0 Å². The molecule has 0 radical (unpaired) electrons. The largest absolute Gasteiger partial charge is 0.497 e. The number of sulfonamides is 1. The SMILES string of the molecule is COc1cccc(NS(=O)(=O)c2cc(C(C)C)ccc2OC)c1. The van der Waals surface area contributed by atoms with Crippen LogP contribution in [0.2, 0.25) is 0 Å². The average Bonchev–Trinajstić information content (AvgIpc) is 2.53. The molecule has 5 nitrogen and oxygen atoms in total. The molecule has 2 aromatic rings. The van der Waals surface area contributed by atoms with Gasteiger partial charge in [-0.3, -0.25) is 4.72 Å². The van der Waals surface area contributed by atoms with Gasteiger partial charge in [0.1, 0.15) is 16.4 Å². The third kappa shape index (κ3) is 3.96. The monoisotopic (exact) mass is 335 g/mol. The Morgan fingerprint density at radius 2 is 1.74 bits per heavy atom. The van der Waals surface area contributed by atoms with Gasteiger partial charge in [-0.05, 0) is 35.7 Å². The molecule has 6 heteroatoms. The molecule has 0 unspecified atom stereocenters. The minimum Gasteiger partial charge on any atom is -0.497 e. The van der Waals surface area contributed by atoms with Gasteiger partial charge in [-0.1, -0.05) is 26.0 Å². The molecule has 0 amide bonds. The van der Waals surface area contributed by atoms with Crippen molar-refractivity contribution in [1.29, 1.82) is 0 Å². The molecule has 0 atom stereocenters. The Hall–Kier alpha value is -2.21. The highest BCUT2D eigenvalue weighted by Gasteiger charge is 2.21. The quantitative estimate of drug-likeness (QED) is 0.875. The first-order valence-electron chi connectivity index (χ1n) is 7.22. The summed E-state index contributed by atoms with van der Waals surface area (Å²) in [6.07, 6.45) is 0. The predicted molar refractivity (Wildman–Crippen MR) is 90.9 cm³/mol. The molecule has 0 heterocycles. The van der Waals surface area contributed by atoms with E-state index in [1.54, 1.807) is 36.4 Å². The second-order valence-corrected chi connectivity index (χ2v) is 7.05. The number of hydrogen-bond donors (Lipinski definition) is 1. The van der Waals surface area contributed by atoms with E-state index in [-0.39, 0.29) is 10.8 Å². The Labute approximate surface area is 137 Å². The summed E-state index contributed by atoms with van der Waals surface area (Å²) in [5.74, 6) is 1.10. The summed E-state index contributed by atoms with van der Waals surface area (Å²) in [6, 6.07) is 11.9. The molecule has 2 aromatic carbocycles. The number of methoxy groups -OCH3 is 2. The maximum absolute atomic E-state index is 12.7. The summed E-state index contributed by atoms with van der Waals surface area (Å²) in [6.45, 7) is 4.02. The van der Waals surface area contributed by atoms with Gasteiger partial charge in [-0.2, -0.15) is 0 Å². The third-order valence-corrected chi connectivity index (χ3v) is 4.87. The second kappa shape index (κ2) is 6.91. The van der Waals surface area contributed by atoms with Gasteiger partial charge < -0.3 is 9.47 Å². The van der Waals surface area contributed by atoms with E-state index >= 15 is 0 Å². The van der Waals surface area contributed by atoms with Gasteiger partial charge in [0.15, 0.2) is 0 Å². The Bertz CT molecular complexity index is 785. The van der Waals surface area contributed by atoms with Crippen LogP contribution in [0.25, 0.3) is 0 Å². The minimum absolute atomic E-state index is 0.119. The van der Waals surface area contributed by atoms with E-state index in [0.29, 0.717) is 17.2 Å².